The highest BCUT2D eigenvalue weighted by Crippen LogP contribution is 2.20. The lowest BCUT2D eigenvalue weighted by molar-refractivity contribution is 0.397. The maximum atomic E-state index is 5.06. The number of methoxy groups -OCH3 is 1. The van der Waals surface area contributed by atoms with Gasteiger partial charge in [0.05, 0.1) is 37.4 Å². The van der Waals surface area contributed by atoms with Crippen molar-refractivity contribution in [1.29, 1.82) is 0 Å². The summed E-state index contributed by atoms with van der Waals surface area (Å²) in [4.78, 5) is 8.46. The molecular formula is C14H20N4O. The molecule has 0 aliphatic carbocycles. The second-order valence-electron chi connectivity index (χ2n) is 4.99. The molecule has 0 radical (unpaired) electrons. The fourth-order valence-corrected chi connectivity index (χ4v) is 1.92. The molecular weight excluding hydrogens is 240 g/mol. The van der Waals surface area contributed by atoms with Crippen molar-refractivity contribution in [3.8, 4) is 5.88 Å². The summed E-state index contributed by atoms with van der Waals surface area (Å²) in [6.07, 6.45) is 5.57. The van der Waals surface area contributed by atoms with Crippen molar-refractivity contribution in [3.63, 3.8) is 0 Å². The van der Waals surface area contributed by atoms with Crippen LogP contribution in [0.2, 0.25) is 0 Å². The Morgan fingerprint density at radius 2 is 2.11 bits per heavy atom. The molecule has 0 aliphatic rings. The Balaban J connectivity index is 2.21. The Morgan fingerprint density at radius 3 is 2.68 bits per heavy atom. The minimum Gasteiger partial charge on any atom is -0.481 e. The first-order chi connectivity index (χ1) is 9.06. The molecule has 0 spiro atoms. The van der Waals surface area contributed by atoms with Crippen molar-refractivity contribution in [1.82, 2.24) is 19.9 Å². The molecule has 0 atom stereocenters. The normalized spacial score (nSPS) is 11.6. The van der Waals surface area contributed by atoms with E-state index in [0.717, 1.165) is 17.8 Å². The lowest BCUT2D eigenvalue weighted by Crippen LogP contribution is -2.35. The van der Waals surface area contributed by atoms with Gasteiger partial charge in [-0.2, -0.15) is 0 Å². The summed E-state index contributed by atoms with van der Waals surface area (Å²) in [6, 6.07) is 3.89. The van der Waals surface area contributed by atoms with Gasteiger partial charge in [0.1, 0.15) is 0 Å². The van der Waals surface area contributed by atoms with Gasteiger partial charge < -0.3 is 14.6 Å². The van der Waals surface area contributed by atoms with E-state index >= 15 is 0 Å². The minimum absolute atomic E-state index is 0.115. The van der Waals surface area contributed by atoms with Crippen LogP contribution in [0.4, 0.5) is 0 Å². The van der Waals surface area contributed by atoms with Gasteiger partial charge in [-0.25, -0.2) is 9.97 Å². The fraction of sp³-hybridized carbons (Fsp3) is 0.429. The van der Waals surface area contributed by atoms with E-state index in [1.807, 2.05) is 37.9 Å². The molecule has 2 aromatic rings. The van der Waals surface area contributed by atoms with Crippen LogP contribution >= 0.6 is 0 Å². The molecule has 1 N–H and O–H groups in total. The Kier molecular flexibility index (Phi) is 3.85. The molecule has 0 aromatic carbocycles. The van der Waals surface area contributed by atoms with Crippen LogP contribution in [0.25, 0.3) is 0 Å². The van der Waals surface area contributed by atoms with E-state index in [-0.39, 0.29) is 5.54 Å². The molecule has 19 heavy (non-hydrogen) atoms. The molecule has 0 amide bonds. The van der Waals surface area contributed by atoms with Gasteiger partial charge in [0.2, 0.25) is 5.88 Å². The molecule has 0 aliphatic heterocycles. The van der Waals surface area contributed by atoms with Gasteiger partial charge in [-0.15, -0.1) is 0 Å². The lowest BCUT2D eigenvalue weighted by atomic mass is 10.0. The number of rotatable bonds is 5. The predicted molar refractivity (Wildman–Crippen MR) is 74.2 cm³/mol. The standard InChI is InChI=1S/C14H20N4O/c1-14(2,15-3)12-8-16-10-18(12)9-11-5-6-13(19-4)17-7-11/h5-8,10,15H,9H2,1-4H3. The van der Waals surface area contributed by atoms with E-state index in [9.17, 15) is 0 Å². The number of ether oxygens (including phenoxy) is 1. The largest absolute Gasteiger partial charge is 0.481 e. The minimum atomic E-state index is -0.115. The highest BCUT2D eigenvalue weighted by molar-refractivity contribution is 5.20. The van der Waals surface area contributed by atoms with Crippen LogP contribution in [-0.2, 0) is 12.1 Å². The summed E-state index contributed by atoms with van der Waals surface area (Å²) in [5, 5.41) is 3.29. The predicted octanol–water partition coefficient (Wildman–Crippen LogP) is 1.79. The Bertz CT molecular complexity index is 531. The lowest BCUT2D eigenvalue weighted by Gasteiger charge is -2.25. The summed E-state index contributed by atoms with van der Waals surface area (Å²) in [7, 11) is 3.57. The first kappa shape index (κ1) is 13.5. The zero-order chi connectivity index (χ0) is 13.9. The van der Waals surface area contributed by atoms with Gasteiger partial charge in [-0.05, 0) is 26.5 Å². The molecule has 102 valence electrons. The van der Waals surface area contributed by atoms with E-state index in [1.54, 1.807) is 7.11 Å². The number of hydrogen-bond donors (Lipinski definition) is 1. The van der Waals surface area contributed by atoms with Crippen molar-refractivity contribution in [2.24, 2.45) is 0 Å². The third-order valence-corrected chi connectivity index (χ3v) is 3.34. The van der Waals surface area contributed by atoms with Crippen LogP contribution in [0.3, 0.4) is 0 Å². The van der Waals surface area contributed by atoms with E-state index < -0.39 is 0 Å². The molecule has 2 rings (SSSR count). The zero-order valence-corrected chi connectivity index (χ0v) is 11.8. The molecule has 2 aromatic heterocycles. The van der Waals surface area contributed by atoms with Crippen LogP contribution in [-0.4, -0.2) is 28.7 Å². The topological polar surface area (TPSA) is 52.0 Å². The summed E-state index contributed by atoms with van der Waals surface area (Å²) < 4.78 is 7.18. The number of aromatic nitrogens is 3. The first-order valence-electron chi connectivity index (χ1n) is 6.25. The van der Waals surface area contributed by atoms with E-state index in [2.05, 4.69) is 33.7 Å². The smallest absolute Gasteiger partial charge is 0.212 e. The summed E-state index contributed by atoms with van der Waals surface area (Å²) >= 11 is 0. The van der Waals surface area contributed by atoms with Gasteiger partial charge in [0.25, 0.3) is 0 Å². The molecule has 0 fully saturated rings. The number of imidazole rings is 1. The van der Waals surface area contributed by atoms with E-state index in [4.69, 9.17) is 4.74 Å². The third kappa shape index (κ3) is 2.93. The number of nitrogens with zero attached hydrogens (tertiary/aromatic N) is 3. The number of hydrogen-bond acceptors (Lipinski definition) is 4. The molecule has 5 heteroatoms. The molecule has 0 bridgehead atoms. The van der Waals surface area contributed by atoms with Crippen LogP contribution in [0.5, 0.6) is 5.88 Å². The van der Waals surface area contributed by atoms with Gasteiger partial charge in [0.15, 0.2) is 0 Å². The van der Waals surface area contributed by atoms with E-state index in [1.165, 1.54) is 0 Å². The third-order valence-electron chi connectivity index (χ3n) is 3.34. The van der Waals surface area contributed by atoms with Crippen LogP contribution in [0.15, 0.2) is 30.9 Å². The number of pyridine rings is 1. The average molecular weight is 260 g/mol. The Labute approximate surface area is 113 Å². The average Bonchev–Trinajstić information content (AvgIpc) is 2.88. The first-order valence-corrected chi connectivity index (χ1v) is 6.25. The maximum Gasteiger partial charge on any atom is 0.212 e. The van der Waals surface area contributed by atoms with Crippen molar-refractivity contribution in [3.05, 3.63) is 42.1 Å². The second-order valence-corrected chi connectivity index (χ2v) is 4.99. The van der Waals surface area contributed by atoms with Gasteiger partial charge >= 0.3 is 0 Å². The summed E-state index contributed by atoms with van der Waals surface area (Å²) in [5.41, 5.74) is 2.15. The van der Waals surface area contributed by atoms with Gasteiger partial charge in [-0.3, -0.25) is 0 Å². The maximum absolute atomic E-state index is 5.06. The summed E-state index contributed by atoms with van der Waals surface area (Å²) in [6.45, 7) is 5.01. The fourth-order valence-electron chi connectivity index (χ4n) is 1.92. The molecule has 0 saturated heterocycles. The van der Waals surface area contributed by atoms with Crippen molar-refractivity contribution >= 4 is 0 Å². The van der Waals surface area contributed by atoms with Gasteiger partial charge in [-0.1, -0.05) is 6.07 Å². The molecule has 5 nitrogen and oxygen atoms in total. The quantitative estimate of drug-likeness (QED) is 0.890. The highest BCUT2D eigenvalue weighted by Gasteiger charge is 2.22. The number of nitrogens with one attached hydrogen (secondary N) is 1. The Morgan fingerprint density at radius 1 is 1.32 bits per heavy atom. The van der Waals surface area contributed by atoms with Crippen LogP contribution in [0, 0.1) is 0 Å². The summed E-state index contributed by atoms with van der Waals surface area (Å²) in [5.74, 6) is 0.630. The zero-order valence-electron chi connectivity index (χ0n) is 11.8. The molecule has 0 unspecified atom stereocenters. The second kappa shape index (κ2) is 5.40. The van der Waals surface area contributed by atoms with Crippen molar-refractivity contribution < 1.29 is 4.74 Å². The SMILES string of the molecule is CNC(C)(C)c1cncn1Cc1ccc(OC)nc1. The van der Waals surface area contributed by atoms with Crippen molar-refractivity contribution in [2.45, 2.75) is 25.9 Å². The van der Waals surface area contributed by atoms with Crippen LogP contribution in [0.1, 0.15) is 25.1 Å². The highest BCUT2D eigenvalue weighted by atomic mass is 16.5. The van der Waals surface area contributed by atoms with Crippen LogP contribution < -0.4 is 10.1 Å². The van der Waals surface area contributed by atoms with Gasteiger partial charge in [0, 0.05) is 12.3 Å². The molecule has 0 saturated carbocycles. The monoisotopic (exact) mass is 260 g/mol. The Hall–Kier alpha value is -1.88. The van der Waals surface area contributed by atoms with E-state index in [0.29, 0.717) is 5.88 Å². The van der Waals surface area contributed by atoms with Crippen molar-refractivity contribution in [2.75, 3.05) is 14.2 Å². The molecule has 2 heterocycles.